The highest BCUT2D eigenvalue weighted by Gasteiger charge is 2.46. The molecule has 162 valence electrons. The summed E-state index contributed by atoms with van der Waals surface area (Å²) >= 11 is 12.4. The highest BCUT2D eigenvalue weighted by atomic mass is 35.5. The van der Waals surface area contributed by atoms with Gasteiger partial charge in [-0.05, 0) is 60.9 Å². The third-order valence-corrected chi connectivity index (χ3v) is 6.29. The van der Waals surface area contributed by atoms with Crippen molar-refractivity contribution in [3.63, 3.8) is 0 Å². The summed E-state index contributed by atoms with van der Waals surface area (Å²) in [6, 6.07) is 13.3. The van der Waals surface area contributed by atoms with Crippen LogP contribution in [0.15, 0.2) is 66.5 Å². The molecular formula is C25H20Cl2N2O3. The molecule has 2 heterocycles. The smallest absolute Gasteiger partial charge is 0.295 e. The SMILES string of the molecule is Cc1ccc(C)c(C(O)=C2C(=O)C(=O)N(Cc3ccncc3)C2c2ccc(Cl)c(Cl)c2)c1. The number of carbonyl (C=O) groups is 2. The Hall–Kier alpha value is -3.15. The van der Waals surface area contributed by atoms with E-state index in [-0.39, 0.29) is 17.9 Å². The molecule has 0 spiro atoms. The van der Waals surface area contributed by atoms with E-state index in [1.807, 2.05) is 26.0 Å². The van der Waals surface area contributed by atoms with Crippen LogP contribution in [0.2, 0.25) is 10.0 Å². The molecule has 4 rings (SSSR count). The number of hydrogen-bond donors (Lipinski definition) is 1. The first-order valence-corrected chi connectivity index (χ1v) is 10.7. The van der Waals surface area contributed by atoms with Crippen LogP contribution < -0.4 is 0 Å². The third kappa shape index (κ3) is 4.01. The van der Waals surface area contributed by atoms with Gasteiger partial charge in [-0.1, -0.05) is 47.0 Å². The van der Waals surface area contributed by atoms with Crippen molar-refractivity contribution in [1.29, 1.82) is 0 Å². The molecule has 1 aliphatic heterocycles. The van der Waals surface area contributed by atoms with Crippen LogP contribution in [0.4, 0.5) is 0 Å². The van der Waals surface area contributed by atoms with E-state index in [1.54, 1.807) is 48.8 Å². The molecule has 1 amide bonds. The molecule has 2 aromatic carbocycles. The van der Waals surface area contributed by atoms with Crippen molar-refractivity contribution in [2.45, 2.75) is 26.4 Å². The van der Waals surface area contributed by atoms with Crippen molar-refractivity contribution < 1.29 is 14.7 Å². The minimum Gasteiger partial charge on any atom is -0.507 e. The number of rotatable bonds is 4. The van der Waals surface area contributed by atoms with Gasteiger partial charge in [0.25, 0.3) is 11.7 Å². The molecule has 7 heteroatoms. The number of hydrogen-bond acceptors (Lipinski definition) is 4. The molecule has 1 aromatic heterocycles. The highest BCUT2D eigenvalue weighted by Crippen LogP contribution is 2.42. The maximum atomic E-state index is 13.2. The number of aliphatic hydroxyl groups excluding tert-OH is 1. The van der Waals surface area contributed by atoms with Crippen LogP contribution in [-0.4, -0.2) is 26.7 Å². The molecule has 0 bridgehead atoms. The monoisotopic (exact) mass is 466 g/mol. The second-order valence-corrected chi connectivity index (χ2v) is 8.59. The number of likely N-dealkylation sites (tertiary alicyclic amines) is 1. The van der Waals surface area contributed by atoms with E-state index in [4.69, 9.17) is 23.2 Å². The van der Waals surface area contributed by atoms with Crippen LogP contribution in [0.25, 0.3) is 5.76 Å². The molecular weight excluding hydrogens is 447 g/mol. The molecule has 1 N–H and O–H groups in total. The van der Waals surface area contributed by atoms with Gasteiger partial charge in [-0.25, -0.2) is 0 Å². The average Bonchev–Trinajstić information content (AvgIpc) is 3.02. The van der Waals surface area contributed by atoms with Crippen LogP contribution in [0.1, 0.15) is 33.9 Å². The van der Waals surface area contributed by atoms with E-state index in [0.717, 1.165) is 16.7 Å². The Labute approximate surface area is 195 Å². The normalized spacial score (nSPS) is 17.8. The largest absolute Gasteiger partial charge is 0.507 e. The van der Waals surface area contributed by atoms with Gasteiger partial charge in [-0.3, -0.25) is 14.6 Å². The summed E-state index contributed by atoms with van der Waals surface area (Å²) in [5.41, 5.74) is 3.64. The Morgan fingerprint density at radius 1 is 1.00 bits per heavy atom. The zero-order valence-corrected chi connectivity index (χ0v) is 19.0. The molecule has 3 aromatic rings. The molecule has 1 unspecified atom stereocenters. The minimum atomic E-state index is -0.821. The van der Waals surface area contributed by atoms with Crippen molar-refractivity contribution >= 4 is 40.7 Å². The summed E-state index contributed by atoms with van der Waals surface area (Å²) in [5.74, 6) is -1.64. The summed E-state index contributed by atoms with van der Waals surface area (Å²) in [5, 5.41) is 11.9. The lowest BCUT2D eigenvalue weighted by Gasteiger charge is -2.26. The summed E-state index contributed by atoms with van der Waals surface area (Å²) in [4.78, 5) is 31.7. The highest BCUT2D eigenvalue weighted by molar-refractivity contribution is 6.46. The number of aryl methyl sites for hydroxylation is 2. The van der Waals surface area contributed by atoms with Gasteiger partial charge in [0.1, 0.15) is 5.76 Å². The van der Waals surface area contributed by atoms with E-state index in [9.17, 15) is 14.7 Å². The van der Waals surface area contributed by atoms with Gasteiger partial charge in [0.05, 0.1) is 21.7 Å². The van der Waals surface area contributed by atoms with Crippen molar-refractivity contribution in [1.82, 2.24) is 9.88 Å². The molecule has 1 atom stereocenters. The molecule has 5 nitrogen and oxygen atoms in total. The zero-order chi connectivity index (χ0) is 23.0. The Bertz CT molecular complexity index is 1260. The lowest BCUT2D eigenvalue weighted by atomic mass is 9.93. The molecule has 0 saturated carbocycles. The first kappa shape index (κ1) is 22.1. The predicted molar refractivity (Wildman–Crippen MR) is 124 cm³/mol. The van der Waals surface area contributed by atoms with E-state index in [1.165, 1.54) is 4.90 Å². The number of aliphatic hydroxyl groups is 1. The van der Waals surface area contributed by atoms with Crippen LogP contribution in [0, 0.1) is 13.8 Å². The van der Waals surface area contributed by atoms with E-state index >= 15 is 0 Å². The van der Waals surface area contributed by atoms with E-state index < -0.39 is 17.7 Å². The van der Waals surface area contributed by atoms with Gasteiger partial charge in [0, 0.05) is 24.5 Å². The van der Waals surface area contributed by atoms with Gasteiger partial charge in [0.2, 0.25) is 0 Å². The number of amides is 1. The van der Waals surface area contributed by atoms with Gasteiger partial charge < -0.3 is 10.0 Å². The van der Waals surface area contributed by atoms with Crippen LogP contribution in [0.5, 0.6) is 0 Å². The van der Waals surface area contributed by atoms with Crippen LogP contribution in [-0.2, 0) is 16.1 Å². The summed E-state index contributed by atoms with van der Waals surface area (Å²) < 4.78 is 0. The van der Waals surface area contributed by atoms with E-state index in [0.29, 0.717) is 21.2 Å². The molecule has 0 aliphatic carbocycles. The fraction of sp³-hybridized carbons (Fsp3) is 0.160. The number of benzene rings is 2. The molecule has 0 radical (unpaired) electrons. The summed E-state index contributed by atoms with van der Waals surface area (Å²) in [7, 11) is 0. The Morgan fingerprint density at radius 2 is 1.72 bits per heavy atom. The van der Waals surface area contributed by atoms with Gasteiger partial charge >= 0.3 is 0 Å². The van der Waals surface area contributed by atoms with Gasteiger partial charge in [-0.2, -0.15) is 0 Å². The summed E-state index contributed by atoms with van der Waals surface area (Å²) in [6.45, 7) is 3.91. The Morgan fingerprint density at radius 3 is 2.41 bits per heavy atom. The lowest BCUT2D eigenvalue weighted by molar-refractivity contribution is -0.140. The topological polar surface area (TPSA) is 70.5 Å². The predicted octanol–water partition coefficient (Wildman–Crippen LogP) is 5.63. The molecule has 1 aliphatic rings. The standard InChI is InChI=1S/C25H20Cl2N2O3/c1-14-3-4-15(2)18(11-14)23(30)21-22(17-5-6-19(26)20(27)12-17)29(25(32)24(21)31)13-16-7-9-28-10-8-16/h3-12,22,30H,13H2,1-2H3. The van der Waals surface area contributed by atoms with Crippen molar-refractivity contribution in [3.05, 3.63) is 104 Å². The van der Waals surface area contributed by atoms with Crippen LogP contribution in [0.3, 0.4) is 0 Å². The number of Topliss-reactive ketones (excluding diaryl/α,β-unsaturated/α-hetero) is 1. The average molecular weight is 467 g/mol. The lowest BCUT2D eigenvalue weighted by Crippen LogP contribution is -2.29. The number of halogens is 2. The third-order valence-electron chi connectivity index (χ3n) is 5.55. The van der Waals surface area contributed by atoms with Crippen LogP contribution >= 0.6 is 23.2 Å². The second kappa shape index (κ2) is 8.77. The van der Waals surface area contributed by atoms with Crippen molar-refractivity contribution in [3.8, 4) is 0 Å². The van der Waals surface area contributed by atoms with Crippen molar-refractivity contribution in [2.24, 2.45) is 0 Å². The fourth-order valence-corrected chi connectivity index (χ4v) is 4.20. The van der Waals surface area contributed by atoms with Crippen molar-refractivity contribution in [2.75, 3.05) is 0 Å². The molecule has 1 fully saturated rings. The number of carbonyl (C=O) groups excluding carboxylic acids is 2. The number of nitrogens with zero attached hydrogens (tertiary/aromatic N) is 2. The first-order valence-electron chi connectivity index (χ1n) is 9.98. The van der Waals surface area contributed by atoms with Gasteiger partial charge in [0.15, 0.2) is 0 Å². The maximum absolute atomic E-state index is 13.2. The second-order valence-electron chi connectivity index (χ2n) is 7.77. The molecule has 1 saturated heterocycles. The quantitative estimate of drug-likeness (QED) is 0.307. The first-order chi connectivity index (χ1) is 15.3. The molecule has 32 heavy (non-hydrogen) atoms. The Balaban J connectivity index is 1.92. The summed E-state index contributed by atoms with van der Waals surface area (Å²) in [6.07, 6.45) is 3.24. The number of ketones is 1. The fourth-order valence-electron chi connectivity index (χ4n) is 3.89. The number of pyridine rings is 1. The number of aromatic nitrogens is 1. The van der Waals surface area contributed by atoms with E-state index in [2.05, 4.69) is 4.98 Å². The van der Waals surface area contributed by atoms with Gasteiger partial charge in [-0.15, -0.1) is 0 Å². The Kier molecular flexibility index (Phi) is 6.04. The minimum absolute atomic E-state index is 0.0242. The maximum Gasteiger partial charge on any atom is 0.295 e. The zero-order valence-electron chi connectivity index (χ0n) is 17.5.